The molecule has 22 heavy (non-hydrogen) atoms. The number of carbonyl (C=O) groups is 2. The summed E-state index contributed by atoms with van der Waals surface area (Å²) in [5.74, 6) is 0.304. The molecule has 0 spiro atoms. The average molecular weight is 347 g/mol. The predicted molar refractivity (Wildman–Crippen MR) is 77.0 cm³/mol. The molecule has 1 atom stereocenters. The van der Waals surface area contributed by atoms with Gasteiger partial charge in [-0.25, -0.2) is 4.79 Å². The van der Waals surface area contributed by atoms with E-state index < -0.39 is 28.3 Å². The summed E-state index contributed by atoms with van der Waals surface area (Å²) < 4.78 is 37.2. The third-order valence-electron chi connectivity index (χ3n) is 2.78. The second-order valence-corrected chi connectivity index (χ2v) is 6.19. The number of hydrogen-bond acceptors (Lipinski definition) is 5. The van der Waals surface area contributed by atoms with Gasteiger partial charge in [-0.15, -0.1) is 0 Å². The lowest BCUT2D eigenvalue weighted by Gasteiger charge is -2.31. The van der Waals surface area contributed by atoms with E-state index in [0.29, 0.717) is 22.5 Å². The normalized spacial score (nSPS) is 18.5. The molecule has 10 heteroatoms. The Kier molecular flexibility index (Phi) is 4.69. The Balaban J connectivity index is 2.16. The molecule has 2 N–H and O–H groups in total. The summed E-state index contributed by atoms with van der Waals surface area (Å²) in [6, 6.07) is 5.14. The maximum Gasteiger partial charge on any atom is 0.325 e. The van der Waals surface area contributed by atoms with Crippen molar-refractivity contribution in [1.82, 2.24) is 10.2 Å². The molecule has 0 aliphatic carbocycles. The van der Waals surface area contributed by atoms with Crippen molar-refractivity contribution in [3.8, 4) is 5.75 Å². The number of benzene rings is 1. The number of amides is 2. The molecule has 0 saturated carbocycles. The van der Waals surface area contributed by atoms with Gasteiger partial charge in [-0.2, -0.15) is 8.42 Å². The van der Waals surface area contributed by atoms with Gasteiger partial charge < -0.3 is 10.1 Å². The Labute approximate surface area is 131 Å². The summed E-state index contributed by atoms with van der Waals surface area (Å²) in [4.78, 5) is 23.0. The van der Waals surface area contributed by atoms with Gasteiger partial charge in [0.2, 0.25) is 5.37 Å². The highest BCUT2D eigenvalue weighted by atomic mass is 35.5. The van der Waals surface area contributed by atoms with E-state index in [-0.39, 0.29) is 5.03 Å². The zero-order valence-corrected chi connectivity index (χ0v) is 12.5. The summed E-state index contributed by atoms with van der Waals surface area (Å²) in [7, 11) is -4.63. The first-order valence-corrected chi connectivity index (χ1v) is 7.78. The number of nitrogens with one attached hydrogen (secondary N) is 1. The van der Waals surface area contributed by atoms with E-state index >= 15 is 0 Å². The van der Waals surface area contributed by atoms with Crippen molar-refractivity contribution in [3.63, 3.8) is 0 Å². The monoisotopic (exact) mass is 346 g/mol. The van der Waals surface area contributed by atoms with E-state index in [1.54, 1.807) is 0 Å². The SMILES string of the molecule is O=Cc1ccc(OCN2C(=O)NC=C(Cl)C2S(=O)(=O)O)cc1. The largest absolute Gasteiger partial charge is 0.473 e. The molecule has 1 heterocycles. The fourth-order valence-electron chi connectivity index (χ4n) is 1.76. The number of aldehydes is 1. The molecule has 1 unspecified atom stereocenters. The van der Waals surface area contributed by atoms with Crippen LogP contribution in [0.4, 0.5) is 4.79 Å². The smallest absolute Gasteiger partial charge is 0.325 e. The molecule has 1 aliphatic rings. The maximum absolute atomic E-state index is 11.7. The molecule has 1 aromatic carbocycles. The molecule has 0 fully saturated rings. The van der Waals surface area contributed by atoms with Crippen LogP contribution in [0.1, 0.15) is 10.4 Å². The summed E-state index contributed by atoms with van der Waals surface area (Å²) in [6.07, 6.45) is 1.64. The lowest BCUT2D eigenvalue weighted by molar-refractivity contribution is 0.112. The molecule has 2 rings (SSSR count). The molecule has 8 nitrogen and oxygen atoms in total. The molecule has 0 aromatic heterocycles. The third kappa shape index (κ3) is 3.56. The van der Waals surface area contributed by atoms with Crippen LogP contribution < -0.4 is 10.1 Å². The first-order valence-electron chi connectivity index (χ1n) is 5.90. The van der Waals surface area contributed by atoms with Gasteiger partial charge in [0.25, 0.3) is 10.1 Å². The number of ether oxygens (including phenoxy) is 1. The fraction of sp³-hybridized carbons (Fsp3) is 0.167. The first kappa shape index (κ1) is 16.3. The lowest BCUT2D eigenvalue weighted by Crippen LogP contribution is -2.53. The second-order valence-electron chi connectivity index (χ2n) is 4.28. The zero-order chi connectivity index (χ0) is 16.3. The molecule has 0 radical (unpaired) electrons. The van der Waals surface area contributed by atoms with Crippen LogP contribution in [0, 0.1) is 0 Å². The predicted octanol–water partition coefficient (Wildman–Crippen LogP) is 1.15. The number of rotatable bonds is 5. The minimum atomic E-state index is -4.63. The minimum absolute atomic E-state index is 0.276. The van der Waals surface area contributed by atoms with E-state index in [2.05, 4.69) is 5.32 Å². The van der Waals surface area contributed by atoms with Crippen molar-refractivity contribution in [2.45, 2.75) is 5.37 Å². The topological polar surface area (TPSA) is 113 Å². The van der Waals surface area contributed by atoms with E-state index in [9.17, 15) is 22.6 Å². The zero-order valence-electron chi connectivity index (χ0n) is 11.0. The Morgan fingerprint density at radius 1 is 1.36 bits per heavy atom. The quantitative estimate of drug-likeness (QED) is 0.611. The van der Waals surface area contributed by atoms with Crippen molar-refractivity contribution >= 4 is 34.0 Å². The van der Waals surface area contributed by atoms with Crippen LogP contribution in [0.5, 0.6) is 5.75 Å². The van der Waals surface area contributed by atoms with Crippen LogP contribution in [0.15, 0.2) is 35.5 Å². The van der Waals surface area contributed by atoms with Gasteiger partial charge in [-0.1, -0.05) is 11.6 Å². The fourth-order valence-corrected chi connectivity index (χ4v) is 3.10. The summed E-state index contributed by atoms with van der Waals surface area (Å²) in [6.45, 7) is -0.471. The van der Waals surface area contributed by atoms with E-state index in [4.69, 9.17) is 16.3 Å². The highest BCUT2D eigenvalue weighted by molar-refractivity contribution is 7.86. The first-order chi connectivity index (χ1) is 10.3. The molecule has 118 valence electrons. The molecule has 1 aromatic rings. The Hall–Kier alpha value is -2.10. The maximum atomic E-state index is 11.7. The molecule has 2 amide bonds. The van der Waals surface area contributed by atoms with E-state index in [0.717, 1.165) is 6.20 Å². The Bertz CT molecular complexity index is 716. The van der Waals surface area contributed by atoms with Crippen LogP contribution >= 0.6 is 11.6 Å². The van der Waals surface area contributed by atoms with Crippen LogP contribution in [0.3, 0.4) is 0 Å². The molecule has 1 aliphatic heterocycles. The van der Waals surface area contributed by atoms with Crippen LogP contribution in [0.25, 0.3) is 0 Å². The van der Waals surface area contributed by atoms with Crippen LogP contribution in [-0.4, -0.2) is 42.3 Å². The lowest BCUT2D eigenvalue weighted by atomic mass is 10.2. The number of halogens is 1. The van der Waals surface area contributed by atoms with Crippen molar-refractivity contribution < 1.29 is 27.3 Å². The minimum Gasteiger partial charge on any atom is -0.473 e. The van der Waals surface area contributed by atoms with Gasteiger partial charge in [-0.3, -0.25) is 14.2 Å². The van der Waals surface area contributed by atoms with Crippen molar-refractivity contribution in [2.75, 3.05) is 6.73 Å². The van der Waals surface area contributed by atoms with E-state index in [1.165, 1.54) is 24.3 Å². The summed E-state index contributed by atoms with van der Waals surface area (Å²) in [5, 5.41) is 0.215. The highest BCUT2D eigenvalue weighted by Gasteiger charge is 2.39. The van der Waals surface area contributed by atoms with Gasteiger partial charge >= 0.3 is 6.03 Å². The average Bonchev–Trinajstić information content (AvgIpc) is 2.47. The Morgan fingerprint density at radius 3 is 2.55 bits per heavy atom. The van der Waals surface area contributed by atoms with Crippen LogP contribution in [0.2, 0.25) is 0 Å². The second kappa shape index (κ2) is 6.34. The van der Waals surface area contributed by atoms with Crippen molar-refractivity contribution in [3.05, 3.63) is 41.1 Å². The number of nitrogens with zero attached hydrogens (tertiary/aromatic N) is 1. The van der Waals surface area contributed by atoms with Gasteiger partial charge in [0.1, 0.15) is 12.0 Å². The third-order valence-corrected chi connectivity index (χ3v) is 4.30. The van der Waals surface area contributed by atoms with Crippen molar-refractivity contribution in [2.24, 2.45) is 0 Å². The molecule has 0 saturated heterocycles. The molecule has 0 bridgehead atoms. The number of urea groups is 1. The number of hydrogen-bond donors (Lipinski definition) is 2. The number of carbonyl (C=O) groups excluding carboxylic acids is 2. The molecular weight excluding hydrogens is 336 g/mol. The van der Waals surface area contributed by atoms with Gasteiger partial charge in [-0.05, 0) is 24.3 Å². The van der Waals surface area contributed by atoms with Crippen LogP contribution in [-0.2, 0) is 10.1 Å². The van der Waals surface area contributed by atoms with E-state index in [1.807, 2.05) is 0 Å². The Morgan fingerprint density at radius 2 is 2.00 bits per heavy atom. The standard InChI is InChI=1S/C12H11ClN2O6S/c13-10-5-14-12(17)15(11(10)22(18,19)20)7-21-9-3-1-8(6-16)2-4-9/h1-6,11H,7H2,(H,14,17)(H,18,19,20). The molecular formula is C12H11ClN2O6S. The van der Waals surface area contributed by atoms with Gasteiger partial charge in [0.05, 0.1) is 5.03 Å². The van der Waals surface area contributed by atoms with Crippen molar-refractivity contribution in [1.29, 1.82) is 0 Å². The summed E-state index contributed by atoms with van der Waals surface area (Å²) >= 11 is 5.72. The van der Waals surface area contributed by atoms with Gasteiger partial charge in [0.15, 0.2) is 6.73 Å². The van der Waals surface area contributed by atoms with Gasteiger partial charge in [0, 0.05) is 11.8 Å². The highest BCUT2D eigenvalue weighted by Crippen LogP contribution is 2.23. The summed E-state index contributed by atoms with van der Waals surface area (Å²) in [5.41, 5.74) is 0.435.